The Balaban J connectivity index is 1.43. The summed E-state index contributed by atoms with van der Waals surface area (Å²) in [7, 11) is -4.34. The SMILES string of the molecule is O=C(C1CN(S(=O)(=O)c2ccccc2I)C(=O)N1c1ccccc1Cl)N1CCN(c2ncccc2C(F)(F)F)CC1. The van der Waals surface area contributed by atoms with Crippen LogP contribution >= 0.6 is 34.2 Å². The summed E-state index contributed by atoms with van der Waals surface area (Å²) in [5.41, 5.74) is -0.706. The summed E-state index contributed by atoms with van der Waals surface area (Å²) in [5, 5.41) is 0.145. The van der Waals surface area contributed by atoms with Crippen LogP contribution in [0.15, 0.2) is 71.8 Å². The summed E-state index contributed by atoms with van der Waals surface area (Å²) in [6, 6.07) is 12.4. The first-order chi connectivity index (χ1) is 19.4. The standard InChI is InChI=1S/C26H22ClF3IN5O4S/c27-18-7-1-3-9-20(18)36-21(16-35(25(36)38)41(39,40)22-10-4-2-8-19(22)31)24(37)34-14-12-33(13-15-34)23-17(26(28,29)30)6-5-11-32-23/h1-11,21H,12-16H2. The molecular weight excluding hydrogens is 698 g/mol. The average Bonchev–Trinajstić information content (AvgIpc) is 3.30. The third kappa shape index (κ3) is 5.56. The van der Waals surface area contributed by atoms with E-state index in [9.17, 15) is 31.2 Å². The van der Waals surface area contributed by atoms with Gasteiger partial charge in [-0.15, -0.1) is 0 Å². The summed E-state index contributed by atoms with van der Waals surface area (Å²) in [6.07, 6.45) is -3.32. The Morgan fingerprint density at radius 1 is 0.976 bits per heavy atom. The number of piperazine rings is 1. The fraction of sp³-hybridized carbons (Fsp3) is 0.269. The Morgan fingerprint density at radius 3 is 2.29 bits per heavy atom. The van der Waals surface area contributed by atoms with Crippen LogP contribution in [0.2, 0.25) is 5.02 Å². The molecule has 0 bridgehead atoms. The van der Waals surface area contributed by atoms with Crippen molar-refractivity contribution < 1.29 is 31.2 Å². The lowest BCUT2D eigenvalue weighted by atomic mass is 10.1. The molecule has 3 aromatic rings. The molecule has 2 aliphatic heterocycles. The van der Waals surface area contributed by atoms with E-state index in [1.54, 1.807) is 24.3 Å². The fourth-order valence-electron chi connectivity index (χ4n) is 4.87. The molecule has 5 rings (SSSR count). The van der Waals surface area contributed by atoms with Crippen LogP contribution in [0.3, 0.4) is 0 Å². The van der Waals surface area contributed by atoms with Crippen molar-refractivity contribution >= 4 is 67.7 Å². The van der Waals surface area contributed by atoms with Gasteiger partial charge in [0.05, 0.1) is 22.8 Å². The molecule has 0 radical (unpaired) electrons. The molecule has 0 N–H and O–H groups in total. The number of benzene rings is 2. The number of nitrogens with zero attached hydrogens (tertiary/aromatic N) is 5. The highest BCUT2D eigenvalue weighted by atomic mass is 127. The summed E-state index contributed by atoms with van der Waals surface area (Å²) >= 11 is 8.24. The highest BCUT2D eigenvalue weighted by Crippen LogP contribution is 2.37. The van der Waals surface area contributed by atoms with Crippen molar-refractivity contribution in [2.75, 3.05) is 42.5 Å². The highest BCUT2D eigenvalue weighted by Gasteiger charge is 2.50. The number of rotatable bonds is 5. The van der Waals surface area contributed by atoms with Gasteiger partial charge in [0.2, 0.25) is 5.91 Å². The van der Waals surface area contributed by atoms with Crippen molar-refractivity contribution in [1.29, 1.82) is 0 Å². The quantitative estimate of drug-likeness (QED) is 0.355. The average molecular weight is 720 g/mol. The van der Waals surface area contributed by atoms with Gasteiger partial charge >= 0.3 is 12.2 Å². The molecule has 9 nitrogen and oxygen atoms in total. The van der Waals surface area contributed by atoms with Crippen LogP contribution in [0.25, 0.3) is 0 Å². The minimum atomic E-state index is -4.60. The second-order valence-electron chi connectivity index (χ2n) is 9.27. The zero-order valence-corrected chi connectivity index (χ0v) is 24.9. The van der Waals surface area contributed by atoms with Crippen molar-refractivity contribution in [3.05, 3.63) is 81.0 Å². The van der Waals surface area contributed by atoms with E-state index < -0.39 is 46.3 Å². The maximum atomic E-state index is 13.8. The Bertz CT molecular complexity index is 1600. The molecule has 1 aromatic heterocycles. The molecule has 2 aliphatic rings. The van der Waals surface area contributed by atoms with E-state index >= 15 is 0 Å². The van der Waals surface area contributed by atoms with Gasteiger partial charge in [0.25, 0.3) is 10.0 Å². The first-order valence-electron chi connectivity index (χ1n) is 12.3. The third-order valence-electron chi connectivity index (χ3n) is 6.85. The van der Waals surface area contributed by atoms with Crippen molar-refractivity contribution in [2.24, 2.45) is 0 Å². The number of hydrogen-bond donors (Lipinski definition) is 0. The topological polar surface area (TPSA) is 94.1 Å². The van der Waals surface area contributed by atoms with E-state index in [0.29, 0.717) is 7.88 Å². The normalized spacial score (nSPS) is 18.3. The van der Waals surface area contributed by atoms with Gasteiger partial charge in [-0.25, -0.2) is 22.5 Å². The van der Waals surface area contributed by atoms with E-state index in [0.717, 1.165) is 11.0 Å². The van der Waals surface area contributed by atoms with Crippen molar-refractivity contribution in [1.82, 2.24) is 14.2 Å². The summed E-state index contributed by atoms with van der Waals surface area (Å²) < 4.78 is 68.9. The largest absolute Gasteiger partial charge is 0.419 e. The van der Waals surface area contributed by atoms with Crippen LogP contribution in [0, 0.1) is 3.57 Å². The van der Waals surface area contributed by atoms with Crippen LogP contribution in [0.5, 0.6) is 0 Å². The van der Waals surface area contributed by atoms with Crippen molar-refractivity contribution in [3.8, 4) is 0 Å². The number of aromatic nitrogens is 1. The van der Waals surface area contributed by atoms with Crippen LogP contribution in [0.4, 0.5) is 29.5 Å². The second kappa shape index (κ2) is 11.3. The number of pyridine rings is 1. The molecule has 3 amide bonds. The maximum absolute atomic E-state index is 13.8. The van der Waals surface area contributed by atoms with Gasteiger partial charge in [0.1, 0.15) is 16.8 Å². The molecular formula is C26H22ClF3IN5O4S. The highest BCUT2D eigenvalue weighted by molar-refractivity contribution is 14.1. The Morgan fingerprint density at radius 2 is 1.63 bits per heavy atom. The predicted molar refractivity (Wildman–Crippen MR) is 154 cm³/mol. The van der Waals surface area contributed by atoms with Crippen molar-refractivity contribution in [2.45, 2.75) is 17.1 Å². The third-order valence-corrected chi connectivity index (χ3v) is 10.3. The minimum Gasteiger partial charge on any atom is -0.353 e. The number of sulfonamides is 1. The number of amides is 3. The number of alkyl halides is 3. The van der Waals surface area contributed by atoms with Crippen LogP contribution in [-0.2, 0) is 21.0 Å². The van der Waals surface area contributed by atoms with E-state index in [4.69, 9.17) is 11.6 Å². The van der Waals surface area contributed by atoms with E-state index in [1.807, 2.05) is 22.6 Å². The minimum absolute atomic E-state index is 0.0388. The zero-order valence-electron chi connectivity index (χ0n) is 21.1. The number of carbonyl (C=O) groups excluding carboxylic acids is 2. The Hall–Kier alpha value is -3.11. The van der Waals surface area contributed by atoms with Gasteiger partial charge in [-0.2, -0.15) is 13.2 Å². The molecule has 41 heavy (non-hydrogen) atoms. The van der Waals surface area contributed by atoms with E-state index in [1.165, 1.54) is 46.3 Å². The molecule has 0 spiro atoms. The monoisotopic (exact) mass is 719 g/mol. The number of carbonyl (C=O) groups is 2. The van der Waals surface area contributed by atoms with Crippen LogP contribution < -0.4 is 9.80 Å². The van der Waals surface area contributed by atoms with Crippen LogP contribution in [-0.4, -0.2) is 73.3 Å². The number of urea groups is 1. The Kier molecular flexibility index (Phi) is 8.09. The molecule has 0 aliphatic carbocycles. The lowest BCUT2D eigenvalue weighted by molar-refractivity contribution is -0.137. The summed E-state index contributed by atoms with van der Waals surface area (Å²) in [5.74, 6) is -0.772. The van der Waals surface area contributed by atoms with Gasteiger partial charge in [-0.05, 0) is 59.0 Å². The maximum Gasteiger partial charge on any atom is 0.419 e. The fourth-order valence-corrected chi connectivity index (χ4v) is 7.75. The molecule has 2 saturated heterocycles. The first kappa shape index (κ1) is 29.4. The summed E-state index contributed by atoms with van der Waals surface area (Å²) in [4.78, 5) is 35.3. The molecule has 1 unspecified atom stereocenters. The lowest BCUT2D eigenvalue weighted by Crippen LogP contribution is -2.55. The molecule has 2 fully saturated rings. The van der Waals surface area contributed by atoms with Crippen molar-refractivity contribution in [3.63, 3.8) is 0 Å². The Labute approximate surface area is 252 Å². The second-order valence-corrected chi connectivity index (χ2v) is 12.7. The molecule has 3 heterocycles. The first-order valence-corrected chi connectivity index (χ1v) is 15.2. The molecule has 216 valence electrons. The number of halogens is 5. The van der Waals surface area contributed by atoms with Gasteiger partial charge in [-0.1, -0.05) is 35.9 Å². The van der Waals surface area contributed by atoms with Crippen LogP contribution in [0.1, 0.15) is 5.56 Å². The molecule has 15 heteroatoms. The predicted octanol–water partition coefficient (Wildman–Crippen LogP) is 4.71. The molecule has 1 atom stereocenters. The smallest absolute Gasteiger partial charge is 0.353 e. The van der Waals surface area contributed by atoms with Gasteiger partial charge < -0.3 is 9.80 Å². The number of hydrogen-bond acceptors (Lipinski definition) is 6. The van der Waals surface area contributed by atoms with Gasteiger partial charge in [0, 0.05) is 35.9 Å². The van der Waals surface area contributed by atoms with E-state index in [-0.39, 0.29) is 47.6 Å². The molecule has 0 saturated carbocycles. The number of anilines is 2. The van der Waals surface area contributed by atoms with E-state index in [2.05, 4.69) is 4.98 Å². The van der Waals surface area contributed by atoms with Gasteiger partial charge in [0.15, 0.2) is 0 Å². The zero-order chi connectivity index (χ0) is 29.5. The molecule has 2 aromatic carbocycles. The summed E-state index contributed by atoms with van der Waals surface area (Å²) in [6.45, 7) is -0.269. The number of para-hydroxylation sites is 1. The van der Waals surface area contributed by atoms with Gasteiger partial charge in [-0.3, -0.25) is 9.69 Å². The lowest BCUT2D eigenvalue weighted by Gasteiger charge is -2.38.